The molecule has 1 saturated heterocycles. The minimum atomic E-state index is -0.258. The number of guanidine groups is 1. The Hall–Kier alpha value is -1.81. The van der Waals surface area contributed by atoms with Gasteiger partial charge in [-0.15, -0.1) is 24.0 Å². The smallest absolute Gasteiger partial charge is 0.231 e. The van der Waals surface area contributed by atoms with Gasteiger partial charge in [-0.25, -0.2) is 0 Å². The van der Waals surface area contributed by atoms with Crippen LogP contribution in [0.25, 0.3) is 10.9 Å². The maximum Gasteiger partial charge on any atom is 0.231 e. The van der Waals surface area contributed by atoms with Crippen LogP contribution < -0.4 is 16.4 Å². The number of amides is 1. The van der Waals surface area contributed by atoms with E-state index in [1.165, 1.54) is 22.0 Å². The number of rotatable bonds is 6. The lowest BCUT2D eigenvalue weighted by atomic mass is 10.1. The summed E-state index contributed by atoms with van der Waals surface area (Å²) in [5, 5.41) is 8.20. The second kappa shape index (κ2) is 10.7. The van der Waals surface area contributed by atoms with Gasteiger partial charge in [0.2, 0.25) is 5.91 Å². The van der Waals surface area contributed by atoms with Crippen molar-refractivity contribution in [2.45, 2.75) is 32.2 Å². The molecule has 1 aromatic carbocycles. The first-order valence-electron chi connectivity index (χ1n) is 9.60. The maximum atomic E-state index is 11.0. The monoisotopic (exact) mass is 498 g/mol. The van der Waals surface area contributed by atoms with Gasteiger partial charge in [0.05, 0.1) is 6.54 Å². The van der Waals surface area contributed by atoms with E-state index in [0.717, 1.165) is 44.9 Å². The molecular weight excluding hydrogens is 467 g/mol. The Balaban J connectivity index is 0.00000280. The Bertz CT molecular complexity index is 810. The maximum absolute atomic E-state index is 11.0. The standard InChI is InChI=1S/C20H30N6O.HI/c1-14-4-3-5-17-15(12-24-19(14)17)6-9-23-20(22-2)25-16-7-10-26(11-8-16)13-18(21)27;/h3-5,12,16,24H,6-11,13H2,1-2H3,(H2,21,27)(H2,22,23,25);1H. The van der Waals surface area contributed by atoms with Gasteiger partial charge in [-0.2, -0.15) is 0 Å². The summed E-state index contributed by atoms with van der Waals surface area (Å²) in [6.07, 6.45) is 5.00. The lowest BCUT2D eigenvalue weighted by Crippen LogP contribution is -2.50. The first-order valence-corrected chi connectivity index (χ1v) is 9.60. The van der Waals surface area contributed by atoms with Crippen molar-refractivity contribution in [2.75, 3.05) is 33.2 Å². The molecule has 0 atom stereocenters. The Labute approximate surface area is 183 Å². The van der Waals surface area contributed by atoms with Crippen LogP contribution in [0.2, 0.25) is 0 Å². The summed E-state index contributed by atoms with van der Waals surface area (Å²) in [5.74, 6) is 0.575. The number of fused-ring (bicyclic) bond motifs is 1. The second-order valence-corrected chi connectivity index (χ2v) is 7.22. The zero-order valence-electron chi connectivity index (χ0n) is 16.6. The Morgan fingerprint density at radius 1 is 1.36 bits per heavy atom. The average Bonchev–Trinajstić information content (AvgIpc) is 3.06. The topological polar surface area (TPSA) is 98.5 Å². The molecule has 1 aliphatic rings. The van der Waals surface area contributed by atoms with E-state index < -0.39 is 0 Å². The number of aromatic amines is 1. The molecule has 1 amide bonds. The number of carbonyl (C=O) groups is 1. The van der Waals surface area contributed by atoms with Crippen LogP contribution in [0, 0.1) is 6.92 Å². The number of likely N-dealkylation sites (tertiary alicyclic amines) is 1. The molecule has 5 N–H and O–H groups in total. The summed E-state index contributed by atoms with van der Waals surface area (Å²) in [6.45, 7) is 5.06. The van der Waals surface area contributed by atoms with Crippen molar-refractivity contribution in [3.8, 4) is 0 Å². The van der Waals surface area contributed by atoms with E-state index in [4.69, 9.17) is 5.73 Å². The molecule has 0 bridgehead atoms. The SMILES string of the molecule is CN=C(NCCc1c[nH]c2c(C)cccc12)NC1CCN(CC(N)=O)CC1.I. The molecule has 2 heterocycles. The van der Waals surface area contributed by atoms with Crippen LogP contribution in [-0.2, 0) is 11.2 Å². The van der Waals surface area contributed by atoms with Crippen LogP contribution in [-0.4, -0.2) is 61.0 Å². The minimum absolute atomic E-state index is 0. The first kappa shape index (κ1) is 22.5. The van der Waals surface area contributed by atoms with Crippen LogP contribution in [0.3, 0.4) is 0 Å². The van der Waals surface area contributed by atoms with Crippen molar-refractivity contribution in [3.63, 3.8) is 0 Å². The molecule has 1 aromatic heterocycles. The largest absolute Gasteiger partial charge is 0.369 e. The van der Waals surface area contributed by atoms with Crippen molar-refractivity contribution in [1.29, 1.82) is 0 Å². The number of piperidine rings is 1. The van der Waals surface area contributed by atoms with Crippen molar-refractivity contribution in [2.24, 2.45) is 10.7 Å². The predicted octanol–water partition coefficient (Wildman–Crippen LogP) is 1.75. The summed E-state index contributed by atoms with van der Waals surface area (Å²) < 4.78 is 0. The molecule has 0 saturated carbocycles. The fourth-order valence-electron chi connectivity index (χ4n) is 3.73. The summed E-state index contributed by atoms with van der Waals surface area (Å²) in [5.41, 5.74) is 9.08. The van der Waals surface area contributed by atoms with Crippen LogP contribution in [0.5, 0.6) is 0 Å². The fourth-order valence-corrected chi connectivity index (χ4v) is 3.73. The van der Waals surface area contributed by atoms with Crippen molar-refractivity contribution < 1.29 is 4.79 Å². The Morgan fingerprint density at radius 3 is 2.79 bits per heavy atom. The van der Waals surface area contributed by atoms with Crippen molar-refractivity contribution >= 4 is 46.7 Å². The third-order valence-corrected chi connectivity index (χ3v) is 5.23. The molecule has 0 spiro atoms. The number of primary amides is 1. The van der Waals surface area contributed by atoms with Crippen LogP contribution in [0.15, 0.2) is 29.4 Å². The molecule has 0 radical (unpaired) electrons. The van der Waals surface area contributed by atoms with E-state index in [0.29, 0.717) is 12.6 Å². The number of carbonyl (C=O) groups excluding carboxylic acids is 1. The van der Waals surface area contributed by atoms with Gasteiger partial charge >= 0.3 is 0 Å². The van der Waals surface area contributed by atoms with Gasteiger partial charge in [-0.05, 0) is 37.3 Å². The van der Waals surface area contributed by atoms with E-state index in [1.54, 1.807) is 7.05 Å². The lowest BCUT2D eigenvalue weighted by molar-refractivity contribution is -0.119. The number of H-pyrrole nitrogens is 1. The number of nitrogens with two attached hydrogens (primary N) is 1. The first-order chi connectivity index (χ1) is 13.1. The fraction of sp³-hybridized carbons (Fsp3) is 0.500. The number of aliphatic imine (C=N–C) groups is 1. The number of hydrogen-bond donors (Lipinski definition) is 4. The van der Waals surface area contributed by atoms with Crippen molar-refractivity contribution in [1.82, 2.24) is 20.5 Å². The molecule has 1 fully saturated rings. The molecule has 8 heteroatoms. The van der Waals surface area contributed by atoms with Gasteiger partial charge in [-0.1, -0.05) is 18.2 Å². The molecular formula is C20H31IN6O. The van der Waals surface area contributed by atoms with Gasteiger partial charge in [0, 0.05) is 49.8 Å². The molecule has 0 aliphatic carbocycles. The van der Waals surface area contributed by atoms with Gasteiger partial charge in [0.1, 0.15) is 0 Å². The number of benzene rings is 1. The number of nitrogens with zero attached hydrogens (tertiary/aromatic N) is 2. The van der Waals surface area contributed by atoms with Crippen LogP contribution in [0.1, 0.15) is 24.0 Å². The number of aryl methyl sites for hydroxylation is 1. The van der Waals surface area contributed by atoms with Gasteiger partial charge < -0.3 is 21.4 Å². The molecule has 2 aromatic rings. The average molecular weight is 498 g/mol. The van der Waals surface area contributed by atoms with Crippen LogP contribution in [0.4, 0.5) is 0 Å². The Kier molecular flexibility index (Phi) is 8.56. The van der Waals surface area contributed by atoms with E-state index in [1.807, 2.05) is 0 Å². The Morgan fingerprint density at radius 2 is 2.11 bits per heavy atom. The van der Waals surface area contributed by atoms with E-state index >= 15 is 0 Å². The van der Waals surface area contributed by atoms with E-state index in [-0.39, 0.29) is 29.9 Å². The number of nitrogens with one attached hydrogen (secondary N) is 3. The predicted molar refractivity (Wildman–Crippen MR) is 125 cm³/mol. The van der Waals surface area contributed by atoms with Gasteiger partial charge in [0.25, 0.3) is 0 Å². The summed E-state index contributed by atoms with van der Waals surface area (Å²) >= 11 is 0. The summed E-state index contributed by atoms with van der Waals surface area (Å²) in [7, 11) is 1.80. The summed E-state index contributed by atoms with van der Waals surface area (Å²) in [4.78, 5) is 20.9. The molecule has 154 valence electrons. The zero-order valence-corrected chi connectivity index (χ0v) is 19.0. The minimum Gasteiger partial charge on any atom is -0.369 e. The second-order valence-electron chi connectivity index (χ2n) is 7.22. The highest BCUT2D eigenvalue weighted by Crippen LogP contribution is 2.21. The lowest BCUT2D eigenvalue weighted by Gasteiger charge is -2.32. The molecule has 7 nitrogen and oxygen atoms in total. The molecule has 0 unspecified atom stereocenters. The van der Waals surface area contributed by atoms with Gasteiger partial charge in [-0.3, -0.25) is 14.7 Å². The van der Waals surface area contributed by atoms with Crippen molar-refractivity contribution in [3.05, 3.63) is 35.5 Å². The number of halogens is 1. The van der Waals surface area contributed by atoms with Crippen LogP contribution >= 0.6 is 24.0 Å². The third-order valence-electron chi connectivity index (χ3n) is 5.23. The third kappa shape index (κ3) is 5.84. The molecule has 1 aliphatic heterocycles. The highest BCUT2D eigenvalue weighted by atomic mass is 127. The molecule has 3 rings (SSSR count). The normalized spacial score (nSPS) is 16.0. The van der Waals surface area contributed by atoms with E-state index in [9.17, 15) is 4.79 Å². The zero-order chi connectivity index (χ0) is 19.2. The highest BCUT2D eigenvalue weighted by molar-refractivity contribution is 14.0. The summed E-state index contributed by atoms with van der Waals surface area (Å²) in [6, 6.07) is 6.77. The van der Waals surface area contributed by atoms with E-state index in [2.05, 4.69) is 56.8 Å². The number of hydrogen-bond acceptors (Lipinski definition) is 3. The quantitative estimate of drug-likeness (QED) is 0.277. The number of aromatic nitrogens is 1. The highest BCUT2D eigenvalue weighted by Gasteiger charge is 2.20. The van der Waals surface area contributed by atoms with Gasteiger partial charge in [0.15, 0.2) is 5.96 Å². The molecule has 28 heavy (non-hydrogen) atoms. The number of para-hydroxylation sites is 1.